The summed E-state index contributed by atoms with van der Waals surface area (Å²) < 4.78 is 0. The highest BCUT2D eigenvalue weighted by atomic mass is 16.4. The topological polar surface area (TPSA) is 110 Å². The van der Waals surface area contributed by atoms with Crippen molar-refractivity contribution in [1.29, 1.82) is 0 Å². The number of Topliss-reactive ketones (excluding diaryl/α,β-unsaturated/α-hetero) is 2. The van der Waals surface area contributed by atoms with Crippen LogP contribution in [0.4, 0.5) is 0 Å². The molecule has 234 valence electrons. The molecule has 0 atom stereocenters. The number of pyridine rings is 3. The number of aryl methyl sites for hydroxylation is 6. The van der Waals surface area contributed by atoms with E-state index in [0.29, 0.717) is 24.8 Å². The molecule has 0 aromatic carbocycles. The normalized spacial score (nSPS) is 10.4. The molecule has 3 rings (SSSR count). The summed E-state index contributed by atoms with van der Waals surface area (Å²) in [4.78, 5) is 49.8. The van der Waals surface area contributed by atoms with Crippen LogP contribution < -0.4 is 0 Å². The largest absolute Gasteiger partial charge is 0.478 e. The second kappa shape index (κ2) is 16.2. The van der Waals surface area contributed by atoms with Crippen LogP contribution in [0, 0.1) is 83.1 Å². The number of aromatic carboxylic acids is 1. The number of rotatable bonds is 7. The van der Waals surface area contributed by atoms with Crippen molar-refractivity contribution in [3.8, 4) is 0 Å². The molecular formula is C36H51N3O4. The Hall–Kier alpha value is -3.74. The van der Waals surface area contributed by atoms with Crippen molar-refractivity contribution in [3.63, 3.8) is 0 Å². The first-order valence-corrected chi connectivity index (χ1v) is 15.0. The van der Waals surface area contributed by atoms with E-state index in [9.17, 15) is 14.4 Å². The van der Waals surface area contributed by atoms with E-state index in [0.717, 1.165) is 78.7 Å². The number of carboxylic acids is 1. The standard InChI is InChI=1S/C23H30N2O2.C10H13NO2.C3H8/c1-12-16(5)24-17(6)13(2)22(12)20(26)10-9-11-21(27)23-14(3)18(7)25-19(8)15(23)4;1-5-7(3)11-8(4)6(2)9(5)10(12)13;1-3-2/h9-11H2,1-8H3;1-4H3,(H,12,13);3H2,1-2H3. The second-order valence-electron chi connectivity index (χ2n) is 11.4. The second-order valence-corrected chi connectivity index (χ2v) is 11.4. The molecule has 1 N–H and O–H groups in total. The lowest BCUT2D eigenvalue weighted by Crippen LogP contribution is -2.12. The summed E-state index contributed by atoms with van der Waals surface area (Å²) in [6, 6.07) is 0. The number of nitrogens with zero attached hydrogens (tertiary/aromatic N) is 3. The third-order valence-corrected chi connectivity index (χ3v) is 8.09. The first-order valence-electron chi connectivity index (χ1n) is 15.0. The lowest BCUT2D eigenvalue weighted by Gasteiger charge is -2.14. The van der Waals surface area contributed by atoms with Crippen LogP contribution in [0.2, 0.25) is 0 Å². The smallest absolute Gasteiger partial charge is 0.336 e. The molecule has 0 radical (unpaired) electrons. The van der Waals surface area contributed by atoms with Crippen molar-refractivity contribution in [2.75, 3.05) is 0 Å². The number of carbonyl (C=O) groups excluding carboxylic acids is 2. The van der Waals surface area contributed by atoms with Crippen molar-refractivity contribution in [1.82, 2.24) is 15.0 Å². The summed E-state index contributed by atoms with van der Waals surface area (Å²) in [7, 11) is 0. The first kappa shape index (κ1) is 37.3. The van der Waals surface area contributed by atoms with E-state index in [4.69, 9.17) is 5.11 Å². The van der Waals surface area contributed by atoms with Crippen molar-refractivity contribution in [3.05, 3.63) is 84.2 Å². The fraction of sp³-hybridized carbons (Fsp3) is 0.500. The van der Waals surface area contributed by atoms with Crippen molar-refractivity contribution >= 4 is 17.5 Å². The maximum absolute atomic E-state index is 12.8. The molecule has 0 saturated carbocycles. The van der Waals surface area contributed by atoms with Crippen LogP contribution in [0.25, 0.3) is 0 Å². The third kappa shape index (κ3) is 9.12. The zero-order chi connectivity index (χ0) is 33.3. The van der Waals surface area contributed by atoms with Crippen LogP contribution in [-0.2, 0) is 0 Å². The van der Waals surface area contributed by atoms with Crippen molar-refractivity contribution in [2.24, 2.45) is 0 Å². The van der Waals surface area contributed by atoms with Gasteiger partial charge in [-0.2, -0.15) is 0 Å². The summed E-state index contributed by atoms with van der Waals surface area (Å²) >= 11 is 0. The fourth-order valence-electron chi connectivity index (χ4n) is 5.00. The van der Waals surface area contributed by atoms with Crippen molar-refractivity contribution in [2.45, 2.75) is 123 Å². The average molecular weight is 590 g/mol. The van der Waals surface area contributed by atoms with Crippen molar-refractivity contribution < 1.29 is 19.5 Å². The molecule has 3 aromatic rings. The minimum absolute atomic E-state index is 0.0990. The molecular weight excluding hydrogens is 538 g/mol. The Morgan fingerprint density at radius 2 is 0.674 bits per heavy atom. The van der Waals surface area contributed by atoms with Gasteiger partial charge in [-0.15, -0.1) is 0 Å². The molecule has 0 unspecified atom stereocenters. The number of carboxylic acid groups (broad SMARTS) is 1. The summed E-state index contributed by atoms with van der Waals surface area (Å²) in [6.45, 7) is 27.0. The maximum Gasteiger partial charge on any atom is 0.336 e. The molecule has 0 bridgehead atoms. The van der Waals surface area contributed by atoms with Crippen LogP contribution in [0.15, 0.2) is 0 Å². The summed E-state index contributed by atoms with van der Waals surface area (Å²) in [5, 5.41) is 8.97. The molecule has 0 aliphatic heterocycles. The number of carbonyl (C=O) groups is 3. The van der Waals surface area contributed by atoms with Gasteiger partial charge in [0.15, 0.2) is 11.6 Å². The quantitative estimate of drug-likeness (QED) is 0.275. The molecule has 0 fully saturated rings. The molecule has 0 saturated heterocycles. The number of hydrogen-bond donors (Lipinski definition) is 1. The van der Waals surface area contributed by atoms with Gasteiger partial charge in [-0.25, -0.2) is 4.79 Å². The maximum atomic E-state index is 12.8. The number of ketones is 2. The predicted molar refractivity (Wildman–Crippen MR) is 175 cm³/mol. The molecule has 3 heterocycles. The van der Waals surface area contributed by atoms with E-state index in [1.165, 1.54) is 6.42 Å². The van der Waals surface area contributed by atoms with Gasteiger partial charge >= 0.3 is 5.97 Å². The van der Waals surface area contributed by atoms with Gasteiger partial charge in [0.2, 0.25) is 0 Å². The van der Waals surface area contributed by atoms with E-state index in [-0.39, 0.29) is 11.6 Å². The average Bonchev–Trinajstić information content (AvgIpc) is 2.91. The van der Waals surface area contributed by atoms with Gasteiger partial charge in [0, 0.05) is 58.1 Å². The third-order valence-electron chi connectivity index (χ3n) is 8.09. The SMILES string of the molecule is CCC.Cc1nc(C)c(C)c(C(=O)CCCC(=O)c2c(C)c(C)nc(C)c2C)c1C.Cc1nc(C)c(C)c(C(=O)O)c1C. The van der Waals surface area contributed by atoms with E-state index in [1.54, 1.807) is 13.8 Å². The van der Waals surface area contributed by atoms with Gasteiger partial charge in [-0.05, 0) is 123 Å². The highest BCUT2D eigenvalue weighted by Crippen LogP contribution is 2.24. The Morgan fingerprint density at radius 3 is 0.884 bits per heavy atom. The minimum atomic E-state index is -0.872. The lowest BCUT2D eigenvalue weighted by molar-refractivity contribution is 0.0694. The van der Waals surface area contributed by atoms with Gasteiger partial charge in [0.05, 0.1) is 5.56 Å². The summed E-state index contributed by atoms with van der Waals surface area (Å²) in [5.41, 5.74) is 12.4. The molecule has 3 aromatic heterocycles. The Morgan fingerprint density at radius 1 is 0.465 bits per heavy atom. The van der Waals surface area contributed by atoms with E-state index in [1.807, 2.05) is 69.2 Å². The van der Waals surface area contributed by atoms with Gasteiger partial charge in [0.25, 0.3) is 0 Å². The van der Waals surface area contributed by atoms with Gasteiger partial charge in [0.1, 0.15) is 0 Å². The van der Waals surface area contributed by atoms with Crippen LogP contribution in [-0.4, -0.2) is 37.6 Å². The first-order chi connectivity index (χ1) is 19.9. The molecule has 0 aliphatic rings. The zero-order valence-electron chi connectivity index (χ0n) is 28.8. The number of hydrogen-bond acceptors (Lipinski definition) is 6. The van der Waals surface area contributed by atoms with Crippen LogP contribution in [0.3, 0.4) is 0 Å². The molecule has 7 heteroatoms. The highest BCUT2D eigenvalue weighted by Gasteiger charge is 2.20. The Labute approximate surface area is 258 Å². The predicted octanol–water partition coefficient (Wildman–Crippen LogP) is 8.61. The van der Waals surface area contributed by atoms with E-state index in [2.05, 4.69) is 28.8 Å². The Balaban J connectivity index is 0.000000480. The molecule has 7 nitrogen and oxygen atoms in total. The lowest BCUT2D eigenvalue weighted by atomic mass is 9.92. The molecule has 0 amide bonds. The van der Waals surface area contributed by atoms with Crippen LogP contribution in [0.1, 0.15) is 138 Å². The van der Waals surface area contributed by atoms with Crippen LogP contribution >= 0.6 is 0 Å². The Kier molecular flexibility index (Phi) is 14.0. The van der Waals surface area contributed by atoms with E-state index >= 15 is 0 Å². The number of aromatic nitrogens is 3. The Bertz CT molecular complexity index is 1370. The monoisotopic (exact) mass is 589 g/mol. The minimum Gasteiger partial charge on any atom is -0.478 e. The van der Waals surface area contributed by atoms with Crippen LogP contribution in [0.5, 0.6) is 0 Å². The molecule has 0 spiro atoms. The zero-order valence-corrected chi connectivity index (χ0v) is 28.8. The molecule has 0 aliphatic carbocycles. The molecule has 43 heavy (non-hydrogen) atoms. The van der Waals surface area contributed by atoms with Gasteiger partial charge in [-0.3, -0.25) is 24.5 Å². The summed E-state index contributed by atoms with van der Waals surface area (Å²) in [6.07, 6.45) is 2.55. The summed E-state index contributed by atoms with van der Waals surface area (Å²) in [5.74, 6) is -0.674. The highest BCUT2D eigenvalue weighted by molar-refractivity contribution is 6.01. The van der Waals surface area contributed by atoms with E-state index < -0.39 is 5.97 Å². The van der Waals surface area contributed by atoms with Gasteiger partial charge in [-0.1, -0.05) is 20.3 Å². The fourth-order valence-corrected chi connectivity index (χ4v) is 5.00. The van der Waals surface area contributed by atoms with Gasteiger partial charge < -0.3 is 5.11 Å².